The fourth-order valence-electron chi connectivity index (χ4n) is 3.35. The van der Waals surface area contributed by atoms with E-state index in [4.69, 9.17) is 9.47 Å². The van der Waals surface area contributed by atoms with E-state index in [0.717, 1.165) is 19.3 Å². The molecule has 0 spiro atoms. The molecule has 4 nitrogen and oxygen atoms in total. The molecule has 2 saturated heterocycles. The highest BCUT2D eigenvalue weighted by Crippen LogP contribution is 2.39. The van der Waals surface area contributed by atoms with Gasteiger partial charge in [-0.1, -0.05) is 51.9 Å². The Morgan fingerprint density at radius 3 is 2.00 bits per heavy atom. The number of hydrogen-bond acceptors (Lipinski definition) is 4. The van der Waals surface area contributed by atoms with Gasteiger partial charge < -0.3 is 14.2 Å². The van der Waals surface area contributed by atoms with Gasteiger partial charge in [-0.05, 0) is 19.3 Å². The Morgan fingerprint density at radius 1 is 0.826 bits per heavy atom. The van der Waals surface area contributed by atoms with Crippen molar-refractivity contribution in [3.8, 4) is 0 Å². The van der Waals surface area contributed by atoms with Gasteiger partial charge in [-0.3, -0.25) is 4.79 Å². The van der Waals surface area contributed by atoms with Crippen LogP contribution in [0.1, 0.15) is 84.0 Å². The molecule has 23 heavy (non-hydrogen) atoms. The van der Waals surface area contributed by atoms with Crippen molar-refractivity contribution in [3.63, 3.8) is 0 Å². The maximum atomic E-state index is 11.0. The van der Waals surface area contributed by atoms with Crippen molar-refractivity contribution in [3.05, 3.63) is 0 Å². The summed E-state index contributed by atoms with van der Waals surface area (Å²) in [6.07, 6.45) is 15.8. The summed E-state index contributed by atoms with van der Waals surface area (Å²) in [5.41, 5.74) is 0. The van der Waals surface area contributed by atoms with Crippen molar-refractivity contribution in [1.29, 1.82) is 0 Å². The molecule has 0 amide bonds. The molecule has 0 saturated carbocycles. The van der Waals surface area contributed by atoms with Gasteiger partial charge in [0.05, 0.1) is 31.5 Å². The van der Waals surface area contributed by atoms with Crippen LogP contribution in [0.4, 0.5) is 0 Å². The molecule has 0 aromatic carbocycles. The highest BCUT2D eigenvalue weighted by Gasteiger charge is 2.47. The van der Waals surface area contributed by atoms with Crippen molar-refractivity contribution >= 4 is 5.97 Å². The first kappa shape index (κ1) is 18.7. The third-order valence-electron chi connectivity index (χ3n) is 5.03. The number of epoxide rings is 2. The Hall–Kier alpha value is -0.610. The van der Waals surface area contributed by atoms with E-state index in [9.17, 15) is 4.79 Å². The number of carbonyl (C=O) groups excluding carboxylic acids is 1. The van der Waals surface area contributed by atoms with Crippen LogP contribution in [0.2, 0.25) is 0 Å². The number of carbonyl (C=O) groups is 1. The second kappa shape index (κ2) is 10.3. The molecule has 2 aliphatic rings. The quantitative estimate of drug-likeness (QED) is 0.270. The first-order chi connectivity index (χ1) is 11.2. The van der Waals surface area contributed by atoms with Gasteiger partial charge in [0.25, 0.3) is 0 Å². The van der Waals surface area contributed by atoms with Crippen LogP contribution in [0.3, 0.4) is 0 Å². The van der Waals surface area contributed by atoms with E-state index in [2.05, 4.69) is 11.7 Å². The average Bonchev–Trinajstić information content (AvgIpc) is 3.46. The fraction of sp³-hybridized carbons (Fsp3) is 0.947. The number of unbranched alkanes of at least 4 members (excludes halogenated alkanes) is 6. The zero-order valence-corrected chi connectivity index (χ0v) is 14.9. The molecule has 4 heteroatoms. The molecule has 2 fully saturated rings. The van der Waals surface area contributed by atoms with E-state index in [1.165, 1.54) is 58.5 Å². The lowest BCUT2D eigenvalue weighted by molar-refractivity contribution is -0.140. The predicted molar refractivity (Wildman–Crippen MR) is 90.4 cm³/mol. The first-order valence-electron chi connectivity index (χ1n) is 9.62. The maximum absolute atomic E-state index is 11.0. The van der Waals surface area contributed by atoms with Crippen LogP contribution < -0.4 is 0 Å². The molecule has 0 bridgehead atoms. The van der Waals surface area contributed by atoms with E-state index in [0.29, 0.717) is 30.8 Å². The highest BCUT2D eigenvalue weighted by atomic mass is 16.6. The van der Waals surface area contributed by atoms with Crippen LogP contribution >= 0.6 is 0 Å². The highest BCUT2D eigenvalue weighted by molar-refractivity contribution is 5.68. The first-order valence-corrected chi connectivity index (χ1v) is 9.62. The number of esters is 1. The van der Waals surface area contributed by atoms with Crippen molar-refractivity contribution in [1.82, 2.24) is 0 Å². The third kappa shape index (κ3) is 7.67. The smallest absolute Gasteiger partial charge is 0.305 e. The van der Waals surface area contributed by atoms with E-state index in [1.54, 1.807) is 0 Å². The molecule has 2 rings (SSSR count). The summed E-state index contributed by atoms with van der Waals surface area (Å²) < 4.78 is 16.2. The molecule has 0 radical (unpaired) electrons. The summed E-state index contributed by atoms with van der Waals surface area (Å²) in [4.78, 5) is 11.0. The molecule has 2 aliphatic heterocycles. The molecule has 0 N–H and O–H groups in total. The summed E-state index contributed by atoms with van der Waals surface area (Å²) in [5.74, 6) is -0.0884. The van der Waals surface area contributed by atoms with Crippen LogP contribution in [0.25, 0.3) is 0 Å². The minimum absolute atomic E-state index is 0.0884. The predicted octanol–water partition coefficient (Wildman–Crippen LogP) is 4.40. The standard InChI is InChI=1S/C19H34O4/c1-3-4-8-11-15-17(22-15)14-18-16(23-18)12-9-6-5-7-10-13-19(20)21-2/h15-18H,3-14H2,1-2H3. The summed E-state index contributed by atoms with van der Waals surface area (Å²) >= 11 is 0. The summed E-state index contributed by atoms with van der Waals surface area (Å²) in [6, 6.07) is 0. The van der Waals surface area contributed by atoms with Gasteiger partial charge in [-0.2, -0.15) is 0 Å². The van der Waals surface area contributed by atoms with Crippen LogP contribution in [0.5, 0.6) is 0 Å². The monoisotopic (exact) mass is 326 g/mol. The van der Waals surface area contributed by atoms with E-state index in [-0.39, 0.29) is 5.97 Å². The van der Waals surface area contributed by atoms with Crippen LogP contribution in [0, 0.1) is 0 Å². The lowest BCUT2D eigenvalue weighted by atomic mass is 10.0. The van der Waals surface area contributed by atoms with E-state index < -0.39 is 0 Å². The van der Waals surface area contributed by atoms with Crippen LogP contribution in [0.15, 0.2) is 0 Å². The molecule has 0 aromatic heterocycles. The summed E-state index contributed by atoms with van der Waals surface area (Å²) in [5, 5.41) is 0. The number of ether oxygens (including phenoxy) is 3. The van der Waals surface area contributed by atoms with E-state index in [1.807, 2.05) is 0 Å². The summed E-state index contributed by atoms with van der Waals surface area (Å²) in [7, 11) is 1.45. The number of hydrogen-bond donors (Lipinski definition) is 0. The lowest BCUT2D eigenvalue weighted by Crippen LogP contribution is -2.02. The fourth-order valence-corrected chi connectivity index (χ4v) is 3.35. The minimum Gasteiger partial charge on any atom is -0.469 e. The van der Waals surface area contributed by atoms with Crippen molar-refractivity contribution in [2.75, 3.05) is 7.11 Å². The van der Waals surface area contributed by atoms with Gasteiger partial charge in [-0.15, -0.1) is 0 Å². The van der Waals surface area contributed by atoms with Gasteiger partial charge >= 0.3 is 5.97 Å². The third-order valence-corrected chi connectivity index (χ3v) is 5.03. The Morgan fingerprint density at radius 2 is 1.39 bits per heavy atom. The van der Waals surface area contributed by atoms with Gasteiger partial charge in [-0.25, -0.2) is 0 Å². The topological polar surface area (TPSA) is 51.4 Å². The SMILES string of the molecule is CCCCCC1OC1CC1OC1CCCCCCCC(=O)OC. The molecular weight excluding hydrogens is 292 g/mol. The van der Waals surface area contributed by atoms with Crippen molar-refractivity contribution in [2.24, 2.45) is 0 Å². The Labute approximate surface area is 141 Å². The zero-order chi connectivity index (χ0) is 16.5. The number of methoxy groups -OCH3 is 1. The number of rotatable bonds is 14. The normalized spacial score (nSPS) is 28.6. The zero-order valence-electron chi connectivity index (χ0n) is 14.9. The molecule has 0 aromatic rings. The molecule has 4 unspecified atom stereocenters. The maximum Gasteiger partial charge on any atom is 0.305 e. The second-order valence-electron chi connectivity index (χ2n) is 7.04. The molecular formula is C19H34O4. The van der Waals surface area contributed by atoms with Crippen LogP contribution in [-0.2, 0) is 19.0 Å². The van der Waals surface area contributed by atoms with Crippen molar-refractivity contribution in [2.45, 2.75) is 108 Å². The molecule has 134 valence electrons. The largest absolute Gasteiger partial charge is 0.469 e. The molecule has 2 heterocycles. The Bertz CT molecular complexity index is 344. The van der Waals surface area contributed by atoms with Crippen LogP contribution in [-0.4, -0.2) is 37.5 Å². The Balaban J connectivity index is 1.35. The van der Waals surface area contributed by atoms with E-state index >= 15 is 0 Å². The van der Waals surface area contributed by atoms with Gasteiger partial charge in [0.2, 0.25) is 0 Å². The van der Waals surface area contributed by atoms with Gasteiger partial charge in [0.15, 0.2) is 0 Å². The average molecular weight is 326 g/mol. The molecule has 4 atom stereocenters. The second-order valence-corrected chi connectivity index (χ2v) is 7.04. The summed E-state index contributed by atoms with van der Waals surface area (Å²) in [6.45, 7) is 2.24. The molecule has 0 aliphatic carbocycles. The minimum atomic E-state index is -0.0884. The Kier molecular flexibility index (Phi) is 8.38. The lowest BCUT2D eigenvalue weighted by Gasteiger charge is -2.00. The van der Waals surface area contributed by atoms with Gasteiger partial charge in [0, 0.05) is 12.8 Å². The van der Waals surface area contributed by atoms with Crippen molar-refractivity contribution < 1.29 is 19.0 Å². The van der Waals surface area contributed by atoms with Gasteiger partial charge in [0.1, 0.15) is 0 Å².